The van der Waals surface area contributed by atoms with Crippen molar-refractivity contribution in [3.05, 3.63) is 77.3 Å². The molecule has 0 aliphatic carbocycles. The van der Waals surface area contributed by atoms with Crippen molar-refractivity contribution in [3.63, 3.8) is 0 Å². The lowest BCUT2D eigenvalue weighted by Gasteiger charge is -2.36. The number of hydrogen-bond acceptors (Lipinski definition) is 5. The molecule has 0 atom stereocenters. The zero-order chi connectivity index (χ0) is 20.8. The Morgan fingerprint density at radius 2 is 1.57 bits per heavy atom. The molecule has 0 bridgehead atoms. The Morgan fingerprint density at radius 3 is 2.27 bits per heavy atom. The Bertz CT molecular complexity index is 983. The van der Waals surface area contributed by atoms with E-state index in [2.05, 4.69) is 27.3 Å². The molecular formula is C23H24N4O2S. The molecule has 1 aliphatic rings. The molecule has 2 heterocycles. The number of carbonyl (C=O) groups is 2. The summed E-state index contributed by atoms with van der Waals surface area (Å²) in [5.41, 5.74) is 2.85. The van der Waals surface area contributed by atoms with Crippen molar-refractivity contribution in [1.29, 1.82) is 0 Å². The van der Waals surface area contributed by atoms with Crippen molar-refractivity contribution >= 4 is 34.0 Å². The first-order valence-electron chi connectivity index (χ1n) is 10.0. The van der Waals surface area contributed by atoms with Crippen LogP contribution in [0.4, 0.5) is 10.8 Å². The number of aromatic nitrogens is 1. The second-order valence-corrected chi connectivity index (χ2v) is 8.09. The first-order valence-corrected chi connectivity index (χ1v) is 10.9. The molecule has 1 fully saturated rings. The van der Waals surface area contributed by atoms with Crippen LogP contribution in [0.5, 0.6) is 0 Å². The molecule has 0 radical (unpaired) electrons. The molecule has 0 spiro atoms. The van der Waals surface area contributed by atoms with Gasteiger partial charge in [0.05, 0.1) is 18.5 Å². The zero-order valence-electron chi connectivity index (χ0n) is 16.7. The van der Waals surface area contributed by atoms with Crippen molar-refractivity contribution in [2.45, 2.75) is 12.8 Å². The van der Waals surface area contributed by atoms with E-state index >= 15 is 0 Å². The third kappa shape index (κ3) is 5.24. The molecule has 6 nitrogen and oxygen atoms in total. The Labute approximate surface area is 180 Å². The third-order valence-electron chi connectivity index (χ3n) is 5.09. The van der Waals surface area contributed by atoms with Crippen LogP contribution >= 0.6 is 11.3 Å². The summed E-state index contributed by atoms with van der Waals surface area (Å²) in [5.74, 6) is -0.0272. The molecule has 1 aliphatic heterocycles. The van der Waals surface area contributed by atoms with Gasteiger partial charge < -0.3 is 15.1 Å². The molecule has 1 saturated heterocycles. The third-order valence-corrected chi connectivity index (χ3v) is 5.90. The Morgan fingerprint density at radius 1 is 0.900 bits per heavy atom. The molecule has 3 aromatic rings. The number of hydrogen-bond donors (Lipinski definition) is 1. The van der Waals surface area contributed by atoms with Crippen molar-refractivity contribution < 1.29 is 9.59 Å². The van der Waals surface area contributed by atoms with Gasteiger partial charge in [-0.05, 0) is 17.7 Å². The van der Waals surface area contributed by atoms with E-state index in [1.165, 1.54) is 17.0 Å². The van der Waals surface area contributed by atoms with E-state index in [-0.39, 0.29) is 18.2 Å². The van der Waals surface area contributed by atoms with Crippen molar-refractivity contribution in [1.82, 2.24) is 9.88 Å². The topological polar surface area (TPSA) is 65.5 Å². The van der Waals surface area contributed by atoms with Crippen LogP contribution in [-0.4, -0.2) is 47.9 Å². The van der Waals surface area contributed by atoms with Crippen LogP contribution < -0.4 is 10.2 Å². The second kappa shape index (κ2) is 9.54. The fraction of sp³-hybridized carbons (Fsp3) is 0.261. The summed E-state index contributed by atoms with van der Waals surface area (Å²) in [6.45, 7) is 3.07. The van der Waals surface area contributed by atoms with Gasteiger partial charge in [0.1, 0.15) is 0 Å². The van der Waals surface area contributed by atoms with E-state index in [1.807, 2.05) is 58.8 Å². The Balaban J connectivity index is 1.25. The van der Waals surface area contributed by atoms with Crippen LogP contribution in [0.15, 0.2) is 66.0 Å². The van der Waals surface area contributed by atoms with E-state index in [0.29, 0.717) is 30.3 Å². The number of nitrogens with zero attached hydrogens (tertiary/aromatic N) is 3. The first-order chi connectivity index (χ1) is 14.7. The normalized spacial score (nSPS) is 13.9. The van der Waals surface area contributed by atoms with Gasteiger partial charge in [0.25, 0.3) is 0 Å². The number of thiazole rings is 1. The van der Waals surface area contributed by atoms with Gasteiger partial charge in [-0.3, -0.25) is 9.59 Å². The highest BCUT2D eigenvalue weighted by Crippen LogP contribution is 2.19. The lowest BCUT2D eigenvalue weighted by atomic mass is 10.1. The van der Waals surface area contributed by atoms with Crippen LogP contribution in [-0.2, 0) is 22.4 Å². The fourth-order valence-corrected chi connectivity index (χ4v) is 4.24. The first kappa shape index (κ1) is 20.1. The van der Waals surface area contributed by atoms with Gasteiger partial charge in [0.15, 0.2) is 5.13 Å². The van der Waals surface area contributed by atoms with Gasteiger partial charge in [-0.15, -0.1) is 11.3 Å². The lowest BCUT2D eigenvalue weighted by Crippen LogP contribution is -2.49. The van der Waals surface area contributed by atoms with E-state index < -0.39 is 0 Å². The molecule has 2 amide bonds. The number of para-hydroxylation sites is 1. The summed E-state index contributed by atoms with van der Waals surface area (Å²) < 4.78 is 0. The van der Waals surface area contributed by atoms with Gasteiger partial charge in [0, 0.05) is 37.2 Å². The minimum Gasteiger partial charge on any atom is -0.368 e. The number of nitrogens with one attached hydrogen (secondary N) is 1. The monoisotopic (exact) mass is 420 g/mol. The number of benzene rings is 2. The number of amides is 2. The molecule has 7 heteroatoms. The molecule has 1 aromatic heterocycles. The molecule has 2 aromatic carbocycles. The van der Waals surface area contributed by atoms with Crippen LogP contribution in [0.1, 0.15) is 11.3 Å². The predicted molar refractivity (Wildman–Crippen MR) is 120 cm³/mol. The number of piperazine rings is 1. The molecule has 0 saturated carbocycles. The molecule has 1 N–H and O–H groups in total. The van der Waals surface area contributed by atoms with Crippen LogP contribution in [0.25, 0.3) is 0 Å². The molecule has 4 rings (SSSR count). The predicted octanol–water partition coefficient (Wildman–Crippen LogP) is 3.22. The molecule has 0 unspecified atom stereocenters. The van der Waals surface area contributed by atoms with Crippen molar-refractivity contribution in [2.75, 3.05) is 36.4 Å². The summed E-state index contributed by atoms with van der Waals surface area (Å²) >= 11 is 1.35. The van der Waals surface area contributed by atoms with Crippen molar-refractivity contribution in [3.8, 4) is 0 Å². The summed E-state index contributed by atoms with van der Waals surface area (Å²) in [5, 5.41) is 5.20. The highest BCUT2D eigenvalue weighted by Gasteiger charge is 2.22. The standard InChI is InChI=1S/C23H24N4O2S/c28-21(15-18-7-3-1-4-8-18)25-23-24-19(17-30-23)16-22(29)27-13-11-26(12-14-27)20-9-5-2-6-10-20/h1-10,17H,11-16H2,(H,24,25,28). The van der Waals surface area contributed by atoms with Gasteiger partial charge in [-0.1, -0.05) is 48.5 Å². The van der Waals surface area contributed by atoms with Crippen LogP contribution in [0.2, 0.25) is 0 Å². The summed E-state index contributed by atoms with van der Waals surface area (Å²) in [6, 6.07) is 19.9. The molecular weight excluding hydrogens is 396 g/mol. The average molecular weight is 421 g/mol. The number of carbonyl (C=O) groups excluding carboxylic acids is 2. The number of anilines is 2. The average Bonchev–Trinajstić information content (AvgIpc) is 3.21. The summed E-state index contributed by atoms with van der Waals surface area (Å²) in [7, 11) is 0. The quantitative estimate of drug-likeness (QED) is 0.665. The maximum atomic E-state index is 12.7. The maximum Gasteiger partial charge on any atom is 0.230 e. The van der Waals surface area contributed by atoms with Gasteiger partial charge in [0.2, 0.25) is 11.8 Å². The smallest absolute Gasteiger partial charge is 0.230 e. The van der Waals surface area contributed by atoms with E-state index in [9.17, 15) is 9.59 Å². The van der Waals surface area contributed by atoms with E-state index in [4.69, 9.17) is 0 Å². The zero-order valence-corrected chi connectivity index (χ0v) is 17.5. The highest BCUT2D eigenvalue weighted by molar-refractivity contribution is 7.13. The molecule has 30 heavy (non-hydrogen) atoms. The Hall–Kier alpha value is -3.19. The van der Waals surface area contributed by atoms with Crippen molar-refractivity contribution in [2.24, 2.45) is 0 Å². The minimum absolute atomic E-state index is 0.0789. The van der Waals surface area contributed by atoms with E-state index in [0.717, 1.165) is 18.7 Å². The largest absolute Gasteiger partial charge is 0.368 e. The van der Waals surface area contributed by atoms with Gasteiger partial charge in [-0.25, -0.2) is 4.98 Å². The van der Waals surface area contributed by atoms with Gasteiger partial charge >= 0.3 is 0 Å². The summed E-state index contributed by atoms with van der Waals surface area (Å²) in [4.78, 5) is 33.5. The minimum atomic E-state index is -0.106. The lowest BCUT2D eigenvalue weighted by molar-refractivity contribution is -0.130. The van der Waals surface area contributed by atoms with Gasteiger partial charge in [-0.2, -0.15) is 0 Å². The summed E-state index contributed by atoms with van der Waals surface area (Å²) in [6.07, 6.45) is 0.566. The van der Waals surface area contributed by atoms with Crippen LogP contribution in [0, 0.1) is 0 Å². The second-order valence-electron chi connectivity index (χ2n) is 7.23. The Kier molecular flexibility index (Phi) is 6.39. The maximum absolute atomic E-state index is 12.7. The van der Waals surface area contributed by atoms with Crippen LogP contribution in [0.3, 0.4) is 0 Å². The van der Waals surface area contributed by atoms with E-state index in [1.54, 1.807) is 0 Å². The highest BCUT2D eigenvalue weighted by atomic mass is 32.1. The molecule has 154 valence electrons. The SMILES string of the molecule is O=C(Cc1ccccc1)Nc1nc(CC(=O)N2CCN(c3ccccc3)CC2)cs1. The number of rotatable bonds is 6. The fourth-order valence-electron chi connectivity index (χ4n) is 3.51.